The van der Waals surface area contributed by atoms with Gasteiger partial charge in [-0.25, -0.2) is 14.7 Å². The number of para-hydroxylation sites is 1. The van der Waals surface area contributed by atoms with Crippen molar-refractivity contribution in [3.63, 3.8) is 0 Å². The second-order valence-electron chi connectivity index (χ2n) is 8.62. The molecule has 0 spiro atoms. The Hall–Kier alpha value is -4.38. The van der Waals surface area contributed by atoms with Crippen molar-refractivity contribution >= 4 is 34.8 Å². The third-order valence-electron chi connectivity index (χ3n) is 5.91. The van der Waals surface area contributed by atoms with E-state index in [1.165, 1.54) is 0 Å². The van der Waals surface area contributed by atoms with Crippen LogP contribution in [0.1, 0.15) is 37.8 Å². The fourth-order valence-electron chi connectivity index (χ4n) is 4.01. The third kappa shape index (κ3) is 8.30. The normalized spacial score (nSPS) is 12.3. The molecule has 0 aliphatic rings. The Morgan fingerprint density at radius 2 is 1.64 bits per heavy atom. The zero-order valence-corrected chi connectivity index (χ0v) is 21.9. The van der Waals surface area contributed by atoms with Gasteiger partial charge >= 0.3 is 18.0 Å². The molecule has 3 aromatic rings. The van der Waals surface area contributed by atoms with Gasteiger partial charge < -0.3 is 24.5 Å². The fourth-order valence-corrected chi connectivity index (χ4v) is 4.01. The maximum absolute atomic E-state index is 13.5. The average molecular weight is 540 g/mol. The lowest BCUT2D eigenvalue weighted by Crippen LogP contribution is -2.54. The Labute approximate surface area is 226 Å². The van der Waals surface area contributed by atoms with E-state index in [2.05, 4.69) is 10.3 Å². The first kappa shape index (κ1) is 29.2. The number of carbonyl (C=O) groups excluding carboxylic acids is 4. The summed E-state index contributed by atoms with van der Waals surface area (Å²) in [4.78, 5) is 53.8. The van der Waals surface area contributed by atoms with Gasteiger partial charge in [-0.1, -0.05) is 48.5 Å². The molecule has 2 atom stereocenters. The Balaban J connectivity index is 1.81. The first-order chi connectivity index (χ1) is 18.8. The molecule has 2 amide bonds. The SMILES string of the molecule is CCOC(=O)CC[C@@H](C(=O)OCC)N(O)C(=O)[C@H](Cc1c[nH]c2ccccc12)NC(=O)OCc1ccccc1. The maximum atomic E-state index is 13.5. The molecule has 11 heteroatoms. The van der Waals surface area contributed by atoms with E-state index < -0.39 is 36.0 Å². The topological polar surface area (TPSA) is 147 Å². The molecule has 0 aliphatic heterocycles. The van der Waals surface area contributed by atoms with Crippen LogP contribution in [0.2, 0.25) is 0 Å². The molecular formula is C28H33N3O8. The first-order valence-corrected chi connectivity index (χ1v) is 12.7. The van der Waals surface area contributed by atoms with E-state index in [4.69, 9.17) is 14.2 Å². The van der Waals surface area contributed by atoms with Crippen molar-refractivity contribution in [3.05, 3.63) is 71.9 Å². The molecule has 0 aliphatic carbocycles. The Kier molecular flexibility index (Phi) is 10.9. The lowest BCUT2D eigenvalue weighted by Gasteiger charge is -2.28. The molecule has 0 bridgehead atoms. The van der Waals surface area contributed by atoms with Crippen LogP contribution >= 0.6 is 0 Å². The van der Waals surface area contributed by atoms with Crippen LogP contribution in [0.15, 0.2) is 60.8 Å². The molecule has 0 saturated heterocycles. The number of amides is 2. The number of aromatic amines is 1. The van der Waals surface area contributed by atoms with E-state index in [1.807, 2.05) is 30.3 Å². The molecule has 0 saturated carbocycles. The minimum atomic E-state index is -1.49. The number of esters is 2. The zero-order valence-electron chi connectivity index (χ0n) is 21.9. The smallest absolute Gasteiger partial charge is 0.408 e. The van der Waals surface area contributed by atoms with Crippen LogP contribution in [0, 0.1) is 0 Å². The van der Waals surface area contributed by atoms with Gasteiger partial charge in [-0.2, -0.15) is 0 Å². The molecule has 0 radical (unpaired) electrons. The zero-order chi connectivity index (χ0) is 28.2. The van der Waals surface area contributed by atoms with Gasteiger partial charge in [0.25, 0.3) is 5.91 Å². The minimum absolute atomic E-state index is 0.000397. The van der Waals surface area contributed by atoms with Crippen LogP contribution in [0.5, 0.6) is 0 Å². The van der Waals surface area contributed by atoms with Gasteiger partial charge in [-0.15, -0.1) is 0 Å². The lowest BCUT2D eigenvalue weighted by molar-refractivity contribution is -0.191. The van der Waals surface area contributed by atoms with E-state index in [9.17, 15) is 24.4 Å². The summed E-state index contributed by atoms with van der Waals surface area (Å²) < 4.78 is 15.2. The van der Waals surface area contributed by atoms with Crippen LogP contribution in [0.4, 0.5) is 4.79 Å². The molecule has 3 rings (SSSR count). The number of H-pyrrole nitrogens is 1. The third-order valence-corrected chi connectivity index (χ3v) is 5.91. The number of aromatic nitrogens is 1. The average Bonchev–Trinajstić information content (AvgIpc) is 3.34. The second-order valence-corrected chi connectivity index (χ2v) is 8.62. The van der Waals surface area contributed by atoms with Crippen LogP contribution in [0.3, 0.4) is 0 Å². The fraction of sp³-hybridized carbons (Fsp3) is 0.357. The molecule has 208 valence electrons. The van der Waals surface area contributed by atoms with Gasteiger partial charge in [-0.3, -0.25) is 14.8 Å². The molecule has 3 N–H and O–H groups in total. The van der Waals surface area contributed by atoms with E-state index >= 15 is 0 Å². The second kappa shape index (κ2) is 14.5. The summed E-state index contributed by atoms with van der Waals surface area (Å²) in [7, 11) is 0. The number of nitrogens with one attached hydrogen (secondary N) is 2. The number of alkyl carbamates (subject to hydrolysis) is 1. The summed E-state index contributed by atoms with van der Waals surface area (Å²) in [5, 5.41) is 14.4. The van der Waals surface area contributed by atoms with Crippen molar-refractivity contribution in [1.29, 1.82) is 0 Å². The van der Waals surface area contributed by atoms with Gasteiger partial charge in [0.15, 0.2) is 6.04 Å². The largest absolute Gasteiger partial charge is 0.466 e. The highest BCUT2D eigenvalue weighted by Gasteiger charge is 2.36. The van der Waals surface area contributed by atoms with Crippen molar-refractivity contribution in [2.24, 2.45) is 0 Å². The summed E-state index contributed by atoms with van der Waals surface area (Å²) in [6, 6.07) is 13.6. The van der Waals surface area contributed by atoms with Crippen LogP contribution in [0.25, 0.3) is 10.9 Å². The number of hydroxylamine groups is 2. The Bertz CT molecular complexity index is 1260. The summed E-state index contributed by atoms with van der Waals surface area (Å²) in [5.74, 6) is -2.46. The van der Waals surface area contributed by atoms with Gasteiger partial charge in [0.2, 0.25) is 0 Å². The lowest BCUT2D eigenvalue weighted by atomic mass is 10.0. The highest BCUT2D eigenvalue weighted by Crippen LogP contribution is 2.20. The van der Waals surface area contributed by atoms with E-state index in [0.717, 1.165) is 16.5 Å². The number of hydrogen-bond acceptors (Lipinski definition) is 8. The maximum Gasteiger partial charge on any atom is 0.408 e. The Morgan fingerprint density at radius 1 is 0.949 bits per heavy atom. The van der Waals surface area contributed by atoms with Crippen molar-refractivity contribution in [2.45, 2.75) is 51.8 Å². The van der Waals surface area contributed by atoms with Gasteiger partial charge in [0.05, 0.1) is 13.2 Å². The molecule has 39 heavy (non-hydrogen) atoms. The predicted octanol–water partition coefficient (Wildman–Crippen LogP) is 3.50. The van der Waals surface area contributed by atoms with Gasteiger partial charge in [0, 0.05) is 29.9 Å². The van der Waals surface area contributed by atoms with Gasteiger partial charge in [-0.05, 0) is 37.5 Å². The number of benzene rings is 2. The summed E-state index contributed by atoms with van der Waals surface area (Å²) in [6.07, 6.45) is 0.324. The minimum Gasteiger partial charge on any atom is -0.466 e. The number of fused-ring (bicyclic) bond motifs is 1. The predicted molar refractivity (Wildman–Crippen MR) is 140 cm³/mol. The van der Waals surface area contributed by atoms with Gasteiger partial charge in [0.1, 0.15) is 12.6 Å². The van der Waals surface area contributed by atoms with E-state index in [-0.39, 0.29) is 44.1 Å². The number of hydrogen-bond donors (Lipinski definition) is 3. The standard InChI is InChI=1S/C28H33N3O8/c1-3-37-25(32)15-14-24(27(34)38-4-2)31(36)26(33)23(16-20-17-29-22-13-9-8-12-21(20)22)30-28(35)39-18-19-10-6-5-7-11-19/h5-13,17,23-24,29,36H,3-4,14-16,18H2,1-2H3,(H,30,35)/t23-,24-/m0/s1. The molecule has 2 aromatic carbocycles. The van der Waals surface area contributed by atoms with Crippen molar-refractivity contribution in [2.75, 3.05) is 13.2 Å². The number of nitrogens with zero attached hydrogens (tertiary/aromatic N) is 1. The number of rotatable bonds is 13. The molecule has 0 unspecified atom stereocenters. The summed E-state index contributed by atoms with van der Waals surface area (Å²) in [6.45, 7) is 3.33. The van der Waals surface area contributed by atoms with Crippen molar-refractivity contribution in [1.82, 2.24) is 15.4 Å². The quantitative estimate of drug-likeness (QED) is 0.129. The molecule has 11 nitrogen and oxygen atoms in total. The number of carbonyl (C=O) groups is 4. The van der Waals surface area contributed by atoms with Crippen LogP contribution < -0.4 is 5.32 Å². The molecular weight excluding hydrogens is 506 g/mol. The highest BCUT2D eigenvalue weighted by molar-refractivity contribution is 5.90. The number of ether oxygens (including phenoxy) is 3. The van der Waals surface area contributed by atoms with Crippen LogP contribution in [-0.4, -0.2) is 64.5 Å². The van der Waals surface area contributed by atoms with E-state index in [0.29, 0.717) is 5.56 Å². The van der Waals surface area contributed by atoms with Crippen molar-refractivity contribution < 1.29 is 38.6 Å². The molecule has 1 aromatic heterocycles. The molecule has 1 heterocycles. The van der Waals surface area contributed by atoms with Crippen molar-refractivity contribution in [3.8, 4) is 0 Å². The van der Waals surface area contributed by atoms with E-state index in [1.54, 1.807) is 44.3 Å². The Morgan fingerprint density at radius 3 is 2.36 bits per heavy atom. The molecule has 0 fully saturated rings. The summed E-state index contributed by atoms with van der Waals surface area (Å²) in [5.41, 5.74) is 2.27. The summed E-state index contributed by atoms with van der Waals surface area (Å²) >= 11 is 0. The highest BCUT2D eigenvalue weighted by atomic mass is 16.6. The van der Waals surface area contributed by atoms with Crippen LogP contribution in [-0.2, 0) is 41.6 Å². The monoisotopic (exact) mass is 539 g/mol. The first-order valence-electron chi connectivity index (χ1n) is 12.7.